The molecule has 1 aromatic rings. The van der Waals surface area contributed by atoms with Crippen LogP contribution in [0.3, 0.4) is 0 Å². The van der Waals surface area contributed by atoms with Gasteiger partial charge in [-0.15, -0.1) is 5.06 Å². The molecule has 5 nitrogen and oxygen atoms in total. The fourth-order valence-electron chi connectivity index (χ4n) is 3.21. The van der Waals surface area contributed by atoms with Crippen molar-refractivity contribution in [1.82, 2.24) is 14.9 Å². The van der Waals surface area contributed by atoms with E-state index in [0.29, 0.717) is 0 Å². The van der Waals surface area contributed by atoms with Crippen LogP contribution >= 0.6 is 0 Å². The molecule has 1 rings (SSSR count). The van der Waals surface area contributed by atoms with Gasteiger partial charge in [0.2, 0.25) is 0 Å². The van der Waals surface area contributed by atoms with E-state index in [1.165, 1.54) is 30.6 Å². The Labute approximate surface area is 159 Å². The van der Waals surface area contributed by atoms with Gasteiger partial charge in [0, 0.05) is 32.0 Å². The zero-order chi connectivity index (χ0) is 19.5. The van der Waals surface area contributed by atoms with Gasteiger partial charge in [-0.05, 0) is 38.3 Å². The summed E-state index contributed by atoms with van der Waals surface area (Å²) < 4.78 is 0. The number of aryl methyl sites for hydroxylation is 1. The Bertz CT molecular complexity index is 534. The Hall–Kier alpha value is -1.62. The molecule has 0 saturated heterocycles. The molecule has 0 radical (unpaired) electrons. The quantitative estimate of drug-likeness (QED) is 0.384. The fourth-order valence-corrected chi connectivity index (χ4v) is 3.21. The molecule has 148 valence electrons. The van der Waals surface area contributed by atoms with Gasteiger partial charge in [0.1, 0.15) is 0 Å². The van der Waals surface area contributed by atoms with Crippen LogP contribution in [0.2, 0.25) is 0 Å². The number of hydroxylamine groups is 2. The minimum atomic E-state index is -0.331. The molecule has 0 aromatic carbocycles. The van der Waals surface area contributed by atoms with Gasteiger partial charge in [-0.25, -0.2) is 4.79 Å². The highest BCUT2D eigenvalue weighted by Gasteiger charge is 2.29. The van der Waals surface area contributed by atoms with E-state index in [9.17, 15) is 4.79 Å². The van der Waals surface area contributed by atoms with Crippen LogP contribution in [0.1, 0.15) is 83.0 Å². The van der Waals surface area contributed by atoms with Crippen molar-refractivity contribution < 1.29 is 9.63 Å². The summed E-state index contributed by atoms with van der Waals surface area (Å²) in [7, 11) is 3.43. The molecule has 0 aliphatic rings. The minimum Gasteiger partial charge on any atom is -0.350 e. The number of amides is 1. The van der Waals surface area contributed by atoms with Crippen molar-refractivity contribution in [2.24, 2.45) is 0 Å². The fraction of sp³-hybridized carbons (Fsp3) is 0.714. The molecular formula is C21H37N3O2. The standard InChI is InChI=1S/C21H37N3O2/c1-7-9-10-11-12-14-19(8-2)24(26-21(25)23(5)6)18(4)20-15-13-16-22-17(20)3/h13,15-16,18-19H,7-12,14H2,1-6H3. The van der Waals surface area contributed by atoms with Gasteiger partial charge in [-0.3, -0.25) is 4.98 Å². The van der Waals surface area contributed by atoms with Crippen molar-refractivity contribution in [2.45, 2.75) is 84.7 Å². The molecule has 0 fully saturated rings. The maximum atomic E-state index is 12.3. The first-order valence-electron chi connectivity index (χ1n) is 10.0. The van der Waals surface area contributed by atoms with E-state index in [0.717, 1.165) is 30.5 Å². The molecule has 5 heteroatoms. The lowest BCUT2D eigenvalue weighted by molar-refractivity contribution is -0.169. The molecule has 0 bridgehead atoms. The second kappa shape index (κ2) is 11.9. The van der Waals surface area contributed by atoms with Crippen molar-refractivity contribution >= 4 is 6.09 Å². The van der Waals surface area contributed by atoms with Crippen molar-refractivity contribution in [2.75, 3.05) is 14.1 Å². The van der Waals surface area contributed by atoms with Gasteiger partial charge in [-0.2, -0.15) is 0 Å². The summed E-state index contributed by atoms with van der Waals surface area (Å²) in [6.07, 6.45) is 9.66. The smallest absolute Gasteiger partial charge is 0.350 e. The molecule has 0 aliphatic carbocycles. The van der Waals surface area contributed by atoms with Crippen LogP contribution in [0.4, 0.5) is 4.79 Å². The molecular weight excluding hydrogens is 326 g/mol. The second-order valence-electron chi connectivity index (χ2n) is 7.23. The van der Waals surface area contributed by atoms with Gasteiger partial charge >= 0.3 is 6.09 Å². The summed E-state index contributed by atoms with van der Waals surface area (Å²) in [5.41, 5.74) is 2.08. The van der Waals surface area contributed by atoms with E-state index in [4.69, 9.17) is 4.84 Å². The van der Waals surface area contributed by atoms with Crippen molar-refractivity contribution in [3.63, 3.8) is 0 Å². The maximum absolute atomic E-state index is 12.3. The molecule has 2 unspecified atom stereocenters. The summed E-state index contributed by atoms with van der Waals surface area (Å²) >= 11 is 0. The van der Waals surface area contributed by atoms with E-state index in [1.54, 1.807) is 20.3 Å². The first-order valence-corrected chi connectivity index (χ1v) is 10.0. The largest absolute Gasteiger partial charge is 0.428 e. The normalized spacial score (nSPS) is 13.5. The Morgan fingerprint density at radius 2 is 1.88 bits per heavy atom. The van der Waals surface area contributed by atoms with Crippen LogP contribution in [0.15, 0.2) is 18.3 Å². The molecule has 1 amide bonds. The van der Waals surface area contributed by atoms with E-state index in [1.807, 2.05) is 18.1 Å². The van der Waals surface area contributed by atoms with Gasteiger partial charge in [0.05, 0.1) is 6.04 Å². The third-order valence-electron chi connectivity index (χ3n) is 4.90. The van der Waals surface area contributed by atoms with Crippen LogP contribution < -0.4 is 0 Å². The molecule has 0 saturated carbocycles. The minimum absolute atomic E-state index is 0.0341. The lowest BCUT2D eigenvalue weighted by Crippen LogP contribution is -2.41. The van der Waals surface area contributed by atoms with Crippen molar-refractivity contribution in [3.05, 3.63) is 29.6 Å². The number of unbranched alkanes of at least 4 members (excludes halogenated alkanes) is 4. The number of rotatable bonds is 11. The predicted octanol–water partition coefficient (Wildman–Crippen LogP) is 5.51. The predicted molar refractivity (Wildman–Crippen MR) is 107 cm³/mol. The Kier molecular flexibility index (Phi) is 10.3. The average molecular weight is 364 g/mol. The average Bonchev–Trinajstić information content (AvgIpc) is 2.63. The topological polar surface area (TPSA) is 45.7 Å². The molecule has 1 heterocycles. The first kappa shape index (κ1) is 22.4. The first-order chi connectivity index (χ1) is 12.4. The summed E-state index contributed by atoms with van der Waals surface area (Å²) in [5, 5.41) is 1.90. The Morgan fingerprint density at radius 3 is 2.46 bits per heavy atom. The lowest BCUT2D eigenvalue weighted by atomic mass is 10.0. The van der Waals surface area contributed by atoms with Crippen molar-refractivity contribution in [3.8, 4) is 0 Å². The highest BCUT2D eigenvalue weighted by atomic mass is 16.7. The highest BCUT2D eigenvalue weighted by Crippen LogP contribution is 2.28. The van der Waals surface area contributed by atoms with E-state index in [2.05, 4.69) is 31.8 Å². The summed E-state index contributed by atoms with van der Waals surface area (Å²) in [6.45, 7) is 8.49. The molecule has 2 atom stereocenters. The van der Waals surface area contributed by atoms with Crippen LogP contribution in [0, 0.1) is 6.92 Å². The number of carbonyl (C=O) groups excluding carboxylic acids is 1. The number of aromatic nitrogens is 1. The number of hydrogen-bond donors (Lipinski definition) is 0. The molecule has 0 aliphatic heterocycles. The highest BCUT2D eigenvalue weighted by molar-refractivity contribution is 5.66. The third kappa shape index (κ3) is 6.94. The molecule has 26 heavy (non-hydrogen) atoms. The van der Waals surface area contributed by atoms with Gasteiger partial charge in [0.15, 0.2) is 0 Å². The van der Waals surface area contributed by atoms with Crippen LogP contribution in [-0.4, -0.2) is 41.2 Å². The molecule has 0 spiro atoms. The number of carbonyl (C=O) groups is 1. The number of hydrogen-bond acceptors (Lipinski definition) is 4. The maximum Gasteiger partial charge on any atom is 0.428 e. The number of pyridine rings is 1. The Morgan fingerprint density at radius 1 is 1.19 bits per heavy atom. The van der Waals surface area contributed by atoms with E-state index >= 15 is 0 Å². The van der Waals surface area contributed by atoms with Gasteiger partial charge in [-0.1, -0.05) is 52.0 Å². The number of nitrogens with zero attached hydrogens (tertiary/aromatic N) is 3. The van der Waals surface area contributed by atoms with Gasteiger partial charge in [0.25, 0.3) is 0 Å². The zero-order valence-electron chi connectivity index (χ0n) is 17.5. The lowest BCUT2D eigenvalue weighted by Gasteiger charge is -2.35. The summed E-state index contributed by atoms with van der Waals surface area (Å²) in [5.74, 6) is 0. The third-order valence-corrected chi connectivity index (χ3v) is 4.90. The summed E-state index contributed by atoms with van der Waals surface area (Å²) in [4.78, 5) is 23.9. The zero-order valence-corrected chi connectivity index (χ0v) is 17.5. The second-order valence-corrected chi connectivity index (χ2v) is 7.23. The van der Waals surface area contributed by atoms with Crippen LogP contribution in [-0.2, 0) is 4.84 Å². The SMILES string of the molecule is CCCCCCCC(CC)N(OC(=O)N(C)C)C(C)c1cccnc1C. The summed E-state index contributed by atoms with van der Waals surface area (Å²) in [6, 6.07) is 4.18. The van der Waals surface area contributed by atoms with Gasteiger partial charge < -0.3 is 9.74 Å². The Balaban J connectivity index is 2.91. The van der Waals surface area contributed by atoms with E-state index < -0.39 is 0 Å². The van der Waals surface area contributed by atoms with Crippen molar-refractivity contribution in [1.29, 1.82) is 0 Å². The monoisotopic (exact) mass is 363 g/mol. The van der Waals surface area contributed by atoms with Crippen LogP contribution in [0.5, 0.6) is 0 Å². The van der Waals surface area contributed by atoms with E-state index in [-0.39, 0.29) is 18.2 Å². The van der Waals surface area contributed by atoms with Crippen LogP contribution in [0.25, 0.3) is 0 Å². The molecule has 0 N–H and O–H groups in total. The molecule has 1 aromatic heterocycles.